The zero-order valence-corrected chi connectivity index (χ0v) is 24.9. The Bertz CT molecular complexity index is 1740. The Labute approximate surface area is 257 Å². The summed E-state index contributed by atoms with van der Waals surface area (Å²) in [5, 5.41) is 43.1. The molecule has 12 nitrogen and oxygen atoms in total. The van der Waals surface area contributed by atoms with Crippen molar-refractivity contribution in [1.29, 1.82) is 5.26 Å². The van der Waals surface area contributed by atoms with Gasteiger partial charge in [0.25, 0.3) is 0 Å². The number of carbonyl (C=O) groups is 2. The highest BCUT2D eigenvalue weighted by Gasteiger charge is 2.33. The zero-order valence-electron chi connectivity index (χ0n) is 24.1. The zero-order chi connectivity index (χ0) is 30.2. The highest BCUT2D eigenvalue weighted by molar-refractivity contribution is 7.14. The number of rotatable bonds is 9. The summed E-state index contributed by atoms with van der Waals surface area (Å²) in [6.07, 6.45) is 9.98. The maximum Gasteiger partial charge on any atom is 0.404 e. The van der Waals surface area contributed by atoms with E-state index >= 15 is 0 Å². The van der Waals surface area contributed by atoms with E-state index in [2.05, 4.69) is 37.3 Å². The first-order valence-corrected chi connectivity index (χ1v) is 16.0. The van der Waals surface area contributed by atoms with Gasteiger partial charge in [0, 0.05) is 42.3 Å². The van der Waals surface area contributed by atoms with Gasteiger partial charge in [-0.2, -0.15) is 10.4 Å². The number of hydrogen-bond donors (Lipinski definition) is 4. The van der Waals surface area contributed by atoms with Crippen molar-refractivity contribution in [2.45, 2.75) is 69.4 Å². The number of pyridine rings is 1. The van der Waals surface area contributed by atoms with Crippen LogP contribution >= 0.6 is 11.3 Å². The fourth-order valence-corrected chi connectivity index (χ4v) is 7.31. The van der Waals surface area contributed by atoms with Gasteiger partial charge in [-0.3, -0.25) is 9.78 Å². The summed E-state index contributed by atoms with van der Waals surface area (Å²) in [6.45, 7) is 0.445. The SMILES string of the molecule is N#Cc1cnn2c(-c3cc(NC4CC(CNC(=O)O)C4)c(-c4nnc(C5CCC(NC(=O)C6CC6)CC5)s4)cn3)ccc2c1. The fraction of sp³-hybridized carbons (Fsp3) is 0.452. The van der Waals surface area contributed by atoms with Crippen LogP contribution in [0.1, 0.15) is 67.9 Å². The molecule has 0 aromatic carbocycles. The third-order valence-corrected chi connectivity index (χ3v) is 10.1. The molecule has 13 heteroatoms. The summed E-state index contributed by atoms with van der Waals surface area (Å²) < 4.78 is 1.77. The standard InChI is InChI=1S/C31H33N9O3S/c32-13-18-11-23-7-8-27(40(23)35-15-18)26-12-25(36-22-9-17(10-22)14-34-31(42)43)24(16-33-26)30-39-38-29(44-30)20-3-5-21(6-4-20)37-28(41)19-1-2-19/h7-8,11-12,15-17,19-22,34H,1-6,9-10,14H2,(H,33,36)(H,37,41)(H,42,43). The van der Waals surface area contributed by atoms with Gasteiger partial charge in [-0.15, -0.1) is 10.2 Å². The van der Waals surface area contributed by atoms with E-state index in [-0.39, 0.29) is 23.9 Å². The Morgan fingerprint density at radius 2 is 1.86 bits per heavy atom. The van der Waals surface area contributed by atoms with Gasteiger partial charge in [0.1, 0.15) is 11.1 Å². The first-order chi connectivity index (χ1) is 21.4. The van der Waals surface area contributed by atoms with Crippen LogP contribution in [0.2, 0.25) is 0 Å². The van der Waals surface area contributed by atoms with Gasteiger partial charge in [-0.1, -0.05) is 11.3 Å². The molecule has 0 saturated heterocycles. The Balaban J connectivity index is 1.11. The summed E-state index contributed by atoms with van der Waals surface area (Å²) in [7, 11) is 0. The fourth-order valence-electron chi connectivity index (χ4n) is 6.27. The Morgan fingerprint density at radius 1 is 1.05 bits per heavy atom. The van der Waals surface area contributed by atoms with Gasteiger partial charge in [-0.25, -0.2) is 9.31 Å². The number of nitrogens with zero attached hydrogens (tertiary/aromatic N) is 6. The second-order valence-corrected chi connectivity index (χ2v) is 13.2. The molecule has 0 radical (unpaired) electrons. The van der Waals surface area contributed by atoms with Crippen LogP contribution in [0, 0.1) is 23.2 Å². The van der Waals surface area contributed by atoms with Crippen LogP contribution in [0.15, 0.2) is 36.7 Å². The van der Waals surface area contributed by atoms with Crippen LogP contribution in [-0.4, -0.2) is 60.5 Å². The number of aromatic nitrogens is 5. The number of anilines is 1. The van der Waals surface area contributed by atoms with E-state index in [4.69, 9.17) is 10.1 Å². The summed E-state index contributed by atoms with van der Waals surface area (Å²) in [5.41, 5.74) is 4.60. The number of carbonyl (C=O) groups excluding carboxylic acids is 1. The van der Waals surface area contributed by atoms with E-state index in [0.29, 0.717) is 23.9 Å². The molecule has 0 atom stereocenters. The quantitative estimate of drug-likeness (QED) is 0.208. The predicted molar refractivity (Wildman–Crippen MR) is 164 cm³/mol. The highest BCUT2D eigenvalue weighted by atomic mass is 32.1. The topological polar surface area (TPSA) is 170 Å². The molecule has 0 bridgehead atoms. The summed E-state index contributed by atoms with van der Waals surface area (Å²) in [6, 6.07) is 10.2. The minimum absolute atomic E-state index is 0.193. The highest BCUT2D eigenvalue weighted by Crippen LogP contribution is 2.40. The van der Waals surface area contributed by atoms with Crippen LogP contribution in [0.4, 0.5) is 10.5 Å². The van der Waals surface area contributed by atoms with Crippen LogP contribution in [0.5, 0.6) is 0 Å². The molecule has 0 unspecified atom stereocenters. The average molecular weight is 612 g/mol. The third kappa shape index (κ3) is 5.94. The van der Waals surface area contributed by atoms with Crippen LogP contribution in [0.25, 0.3) is 27.5 Å². The first kappa shape index (κ1) is 28.2. The van der Waals surface area contributed by atoms with E-state index in [1.54, 1.807) is 28.1 Å². The molecule has 0 aliphatic heterocycles. The molecule has 7 rings (SSSR count). The molecule has 2 amide bonds. The van der Waals surface area contributed by atoms with Gasteiger partial charge in [0.15, 0.2) is 5.01 Å². The molecule has 4 aromatic rings. The van der Waals surface area contributed by atoms with Crippen molar-refractivity contribution in [3.05, 3.63) is 47.2 Å². The van der Waals surface area contributed by atoms with Crippen molar-refractivity contribution in [1.82, 2.24) is 35.4 Å². The molecular weight excluding hydrogens is 578 g/mol. The van der Waals surface area contributed by atoms with Gasteiger partial charge in [0.05, 0.1) is 34.2 Å². The van der Waals surface area contributed by atoms with E-state index in [0.717, 1.165) is 89.5 Å². The van der Waals surface area contributed by atoms with Crippen molar-refractivity contribution in [2.24, 2.45) is 11.8 Å². The number of nitriles is 1. The van der Waals surface area contributed by atoms with Crippen LogP contribution < -0.4 is 16.0 Å². The van der Waals surface area contributed by atoms with E-state index < -0.39 is 6.09 Å². The van der Waals surface area contributed by atoms with E-state index in [1.807, 2.05) is 24.4 Å². The molecule has 44 heavy (non-hydrogen) atoms. The average Bonchev–Trinajstić information content (AvgIpc) is 3.61. The molecule has 4 N–H and O–H groups in total. The van der Waals surface area contributed by atoms with Crippen molar-refractivity contribution in [3.63, 3.8) is 0 Å². The van der Waals surface area contributed by atoms with Gasteiger partial charge in [0.2, 0.25) is 5.91 Å². The molecule has 4 heterocycles. The Morgan fingerprint density at radius 3 is 2.61 bits per heavy atom. The molecule has 3 saturated carbocycles. The number of nitrogens with one attached hydrogen (secondary N) is 3. The maximum atomic E-state index is 12.2. The second-order valence-electron chi connectivity index (χ2n) is 12.2. The van der Waals surface area contributed by atoms with Gasteiger partial charge in [-0.05, 0) is 81.5 Å². The molecular formula is C31H33N9O3S. The molecule has 3 aliphatic rings. The Kier molecular flexibility index (Phi) is 7.59. The largest absolute Gasteiger partial charge is 0.465 e. The minimum Gasteiger partial charge on any atom is -0.465 e. The first-order valence-electron chi connectivity index (χ1n) is 15.2. The van der Waals surface area contributed by atoms with Crippen molar-refractivity contribution >= 4 is 34.5 Å². The van der Waals surface area contributed by atoms with Gasteiger partial charge >= 0.3 is 6.09 Å². The Hall–Kier alpha value is -4.57. The van der Waals surface area contributed by atoms with Crippen molar-refractivity contribution in [2.75, 3.05) is 11.9 Å². The normalized spacial score (nSPS) is 23.0. The van der Waals surface area contributed by atoms with Crippen LogP contribution in [-0.2, 0) is 4.79 Å². The van der Waals surface area contributed by atoms with Crippen molar-refractivity contribution in [3.8, 4) is 28.0 Å². The lowest BCUT2D eigenvalue weighted by Crippen LogP contribution is -2.41. The molecule has 3 fully saturated rings. The molecule has 4 aromatic heterocycles. The minimum atomic E-state index is -0.999. The molecule has 3 aliphatic carbocycles. The number of fused-ring (bicyclic) bond motifs is 1. The van der Waals surface area contributed by atoms with Gasteiger partial charge < -0.3 is 21.1 Å². The summed E-state index contributed by atoms with van der Waals surface area (Å²) in [4.78, 5) is 27.9. The van der Waals surface area contributed by atoms with E-state index in [1.165, 1.54) is 0 Å². The van der Waals surface area contributed by atoms with Crippen LogP contribution in [0.3, 0.4) is 0 Å². The molecule has 226 valence electrons. The van der Waals surface area contributed by atoms with E-state index in [9.17, 15) is 14.9 Å². The molecule has 0 spiro atoms. The maximum absolute atomic E-state index is 12.2. The summed E-state index contributed by atoms with van der Waals surface area (Å²) >= 11 is 1.60. The number of amides is 2. The second kappa shape index (κ2) is 11.8. The number of hydrogen-bond acceptors (Lipinski definition) is 9. The number of carboxylic acid groups (broad SMARTS) is 1. The lowest BCUT2D eigenvalue weighted by Gasteiger charge is -2.36. The van der Waals surface area contributed by atoms with Crippen molar-refractivity contribution < 1.29 is 14.7 Å². The lowest BCUT2D eigenvalue weighted by molar-refractivity contribution is -0.123. The summed E-state index contributed by atoms with van der Waals surface area (Å²) in [5.74, 6) is 1.07. The third-order valence-electron chi connectivity index (χ3n) is 8.98. The lowest BCUT2D eigenvalue weighted by atomic mass is 9.80. The monoisotopic (exact) mass is 611 g/mol. The predicted octanol–water partition coefficient (Wildman–Crippen LogP) is 4.80. The smallest absolute Gasteiger partial charge is 0.404 e.